The van der Waals surface area contributed by atoms with Crippen LogP contribution in [0.3, 0.4) is 0 Å². The van der Waals surface area contributed by atoms with Crippen molar-refractivity contribution in [2.75, 3.05) is 6.61 Å². The van der Waals surface area contributed by atoms with Crippen LogP contribution >= 0.6 is 0 Å². The monoisotopic (exact) mass is 507 g/mol. The van der Waals surface area contributed by atoms with Crippen LogP contribution in [0.2, 0.25) is 0 Å². The quantitative estimate of drug-likeness (QED) is 0.299. The van der Waals surface area contributed by atoms with E-state index in [9.17, 15) is 14.4 Å². The zero-order valence-electron chi connectivity index (χ0n) is 20.8. The Hall–Kier alpha value is -4.78. The van der Waals surface area contributed by atoms with Crippen LogP contribution in [0.5, 0.6) is 0 Å². The number of carbonyl (C=O) groups excluding carboxylic acids is 3. The van der Waals surface area contributed by atoms with E-state index >= 15 is 0 Å². The average molecular weight is 508 g/mol. The molecule has 0 unspecified atom stereocenters. The van der Waals surface area contributed by atoms with Crippen LogP contribution in [-0.4, -0.2) is 41.5 Å². The molecule has 1 aromatic heterocycles. The summed E-state index contributed by atoms with van der Waals surface area (Å²) < 4.78 is 5.70. The summed E-state index contributed by atoms with van der Waals surface area (Å²) in [7, 11) is 0. The summed E-state index contributed by atoms with van der Waals surface area (Å²) in [6, 6.07) is 29.8. The first-order valence-corrected chi connectivity index (χ1v) is 12.4. The molecule has 2 amide bonds. The molecule has 0 bridgehead atoms. The molecule has 1 heterocycles. The molecular weight excluding hydrogens is 478 g/mol. The van der Waals surface area contributed by atoms with Crippen molar-refractivity contribution in [3.8, 4) is 0 Å². The smallest absolute Gasteiger partial charge is 0.329 e. The summed E-state index contributed by atoms with van der Waals surface area (Å²) in [5.74, 6) is -1.26. The fraction of sp³-hybridized carbons (Fsp3) is 0.161. The number of hydrogen-bond donors (Lipinski definition) is 2. The molecule has 0 saturated carbocycles. The van der Waals surface area contributed by atoms with Crippen LogP contribution in [0.4, 0.5) is 0 Å². The number of ether oxygens (including phenoxy) is 1. The largest absolute Gasteiger partial charge is 0.462 e. The van der Waals surface area contributed by atoms with Gasteiger partial charge in [0.05, 0.1) is 11.6 Å². The lowest BCUT2D eigenvalue weighted by Crippen LogP contribution is -2.46. The van der Waals surface area contributed by atoms with Gasteiger partial charge in [0.25, 0.3) is 11.8 Å². The number of benzene rings is 3. The zero-order chi connectivity index (χ0) is 26.6. The lowest BCUT2D eigenvalue weighted by Gasteiger charge is -2.22. The summed E-state index contributed by atoms with van der Waals surface area (Å²) in [6.07, 6.45) is 3.74. The highest BCUT2D eigenvalue weighted by atomic mass is 16.5. The van der Waals surface area contributed by atoms with E-state index in [2.05, 4.69) is 15.6 Å². The lowest BCUT2D eigenvalue weighted by molar-refractivity contribution is -0.146. The molecule has 38 heavy (non-hydrogen) atoms. The highest BCUT2D eigenvalue weighted by Gasteiger charge is 2.25. The average Bonchev–Trinajstić information content (AvgIpc) is 2.97. The van der Waals surface area contributed by atoms with Gasteiger partial charge in [0.15, 0.2) is 0 Å². The molecule has 7 heteroatoms. The van der Waals surface area contributed by atoms with Crippen molar-refractivity contribution >= 4 is 17.8 Å². The predicted molar refractivity (Wildman–Crippen MR) is 144 cm³/mol. The van der Waals surface area contributed by atoms with Crippen LogP contribution in [0.25, 0.3) is 0 Å². The van der Waals surface area contributed by atoms with Crippen molar-refractivity contribution in [1.82, 2.24) is 15.6 Å². The second-order valence-corrected chi connectivity index (χ2v) is 8.81. The molecule has 0 aliphatic rings. The van der Waals surface area contributed by atoms with E-state index in [4.69, 9.17) is 4.74 Å². The molecule has 192 valence electrons. The van der Waals surface area contributed by atoms with Crippen LogP contribution in [0, 0.1) is 0 Å². The van der Waals surface area contributed by atoms with Gasteiger partial charge in [0.2, 0.25) is 0 Å². The van der Waals surface area contributed by atoms with Crippen LogP contribution < -0.4 is 10.6 Å². The topological polar surface area (TPSA) is 97.4 Å². The van der Waals surface area contributed by atoms with Crippen LogP contribution in [-0.2, 0) is 22.4 Å². The van der Waals surface area contributed by atoms with E-state index < -0.39 is 24.0 Å². The maximum Gasteiger partial charge on any atom is 0.329 e. The summed E-state index contributed by atoms with van der Waals surface area (Å²) in [4.78, 5) is 42.9. The third kappa shape index (κ3) is 7.86. The molecule has 0 spiro atoms. The van der Waals surface area contributed by atoms with Gasteiger partial charge in [-0.25, -0.2) is 4.79 Å². The van der Waals surface area contributed by atoms with E-state index in [1.165, 1.54) is 6.20 Å². The van der Waals surface area contributed by atoms with Crippen LogP contribution in [0.1, 0.15) is 31.8 Å². The Morgan fingerprint density at radius 2 is 1.21 bits per heavy atom. The Labute approximate surface area is 221 Å². The molecule has 0 radical (unpaired) electrons. The van der Waals surface area contributed by atoms with Crippen molar-refractivity contribution in [1.29, 1.82) is 0 Å². The Bertz CT molecular complexity index is 1320. The Morgan fingerprint density at radius 3 is 1.82 bits per heavy atom. The number of aromatic nitrogens is 1. The zero-order valence-corrected chi connectivity index (χ0v) is 20.8. The van der Waals surface area contributed by atoms with Crippen molar-refractivity contribution in [3.05, 3.63) is 138 Å². The first-order valence-electron chi connectivity index (χ1n) is 12.4. The molecule has 0 aliphatic heterocycles. The number of rotatable bonds is 11. The van der Waals surface area contributed by atoms with Gasteiger partial charge < -0.3 is 15.4 Å². The van der Waals surface area contributed by atoms with Gasteiger partial charge in [-0.15, -0.1) is 0 Å². The second-order valence-electron chi connectivity index (χ2n) is 8.81. The van der Waals surface area contributed by atoms with Crippen molar-refractivity contribution in [2.45, 2.75) is 24.9 Å². The maximum atomic E-state index is 13.3. The molecule has 0 aliphatic carbocycles. The highest BCUT2D eigenvalue weighted by Crippen LogP contribution is 2.10. The molecule has 2 N–H and O–H groups in total. The van der Waals surface area contributed by atoms with Crippen molar-refractivity contribution in [2.24, 2.45) is 0 Å². The van der Waals surface area contributed by atoms with Gasteiger partial charge in [-0.2, -0.15) is 0 Å². The molecule has 0 saturated heterocycles. The van der Waals surface area contributed by atoms with E-state index in [1.807, 2.05) is 66.7 Å². The number of esters is 1. The van der Waals surface area contributed by atoms with Crippen molar-refractivity contribution < 1.29 is 19.1 Å². The summed E-state index contributed by atoms with van der Waals surface area (Å²) in [5.41, 5.74) is 2.73. The van der Waals surface area contributed by atoms with E-state index in [0.29, 0.717) is 17.5 Å². The van der Waals surface area contributed by atoms with Crippen LogP contribution in [0.15, 0.2) is 116 Å². The number of amides is 2. The first-order chi connectivity index (χ1) is 18.6. The first kappa shape index (κ1) is 26.3. The normalized spacial score (nSPS) is 12.1. The minimum atomic E-state index is -0.924. The van der Waals surface area contributed by atoms with Gasteiger partial charge in [0.1, 0.15) is 12.6 Å². The number of pyridine rings is 1. The molecule has 7 nitrogen and oxygen atoms in total. The molecule has 0 fully saturated rings. The second kappa shape index (κ2) is 13.5. The summed E-state index contributed by atoms with van der Waals surface area (Å²) in [5, 5.41) is 5.76. The number of hydrogen-bond acceptors (Lipinski definition) is 5. The minimum absolute atomic E-state index is 0.0552. The van der Waals surface area contributed by atoms with Gasteiger partial charge in [-0.3, -0.25) is 14.6 Å². The lowest BCUT2D eigenvalue weighted by atomic mass is 10.0. The van der Waals surface area contributed by atoms with E-state index in [1.54, 1.807) is 42.6 Å². The highest BCUT2D eigenvalue weighted by molar-refractivity contribution is 5.96. The molecular formula is C31H29N3O4. The fourth-order valence-corrected chi connectivity index (χ4v) is 3.97. The third-order valence-corrected chi connectivity index (χ3v) is 5.92. The molecule has 2 atom stereocenters. The number of nitrogens with zero attached hydrogens (tertiary/aromatic N) is 1. The molecule has 3 aromatic carbocycles. The SMILES string of the molecule is O=C(N[C@H](COC(=O)[C@H](Cc1ccccc1)NC(=O)c1cccnc1)Cc1ccccc1)c1ccccc1. The molecule has 4 rings (SSSR count). The third-order valence-electron chi connectivity index (χ3n) is 5.92. The Balaban J connectivity index is 1.47. The summed E-state index contributed by atoms with van der Waals surface area (Å²) in [6.45, 7) is -0.0552. The molecule has 4 aromatic rings. The van der Waals surface area contributed by atoms with Gasteiger partial charge >= 0.3 is 5.97 Å². The van der Waals surface area contributed by atoms with Gasteiger partial charge in [-0.05, 0) is 41.8 Å². The van der Waals surface area contributed by atoms with Gasteiger partial charge in [0, 0.05) is 24.4 Å². The number of carbonyl (C=O) groups is 3. The Kier molecular flexibility index (Phi) is 9.34. The summed E-state index contributed by atoms with van der Waals surface area (Å²) >= 11 is 0. The maximum absolute atomic E-state index is 13.3. The minimum Gasteiger partial charge on any atom is -0.462 e. The predicted octanol–water partition coefficient (Wildman–Crippen LogP) is 4.01. The van der Waals surface area contributed by atoms with Gasteiger partial charge in [-0.1, -0.05) is 78.9 Å². The van der Waals surface area contributed by atoms with E-state index in [0.717, 1.165) is 11.1 Å². The fourth-order valence-electron chi connectivity index (χ4n) is 3.97. The number of nitrogens with one attached hydrogen (secondary N) is 2. The van der Waals surface area contributed by atoms with Crippen molar-refractivity contribution in [3.63, 3.8) is 0 Å². The standard InChI is InChI=1S/C31H29N3O4/c35-29(25-15-8-3-9-16-25)33-27(19-23-11-4-1-5-12-23)22-38-31(37)28(20-24-13-6-2-7-14-24)34-30(36)26-17-10-18-32-21-26/h1-18,21,27-28H,19-20,22H2,(H,33,35)(H,34,36)/t27-,28-/m0/s1. The Morgan fingerprint density at radius 1 is 0.658 bits per heavy atom. The van der Waals surface area contributed by atoms with E-state index in [-0.39, 0.29) is 18.9 Å².